The molecule has 0 aliphatic carbocycles. The number of anilines is 1. The number of amides is 1. The maximum absolute atomic E-state index is 11.9. The SMILES string of the molecule is N#Cc1ccccc1NC(=O)C=Cc1ccc(Cl)cc1Cl. The Morgan fingerprint density at radius 1 is 1.19 bits per heavy atom. The van der Waals surface area contributed by atoms with Crippen LogP contribution in [0.1, 0.15) is 11.1 Å². The topological polar surface area (TPSA) is 52.9 Å². The van der Waals surface area contributed by atoms with Crippen LogP contribution >= 0.6 is 23.2 Å². The molecule has 0 fully saturated rings. The summed E-state index contributed by atoms with van der Waals surface area (Å²) < 4.78 is 0. The van der Waals surface area contributed by atoms with Gasteiger partial charge >= 0.3 is 0 Å². The van der Waals surface area contributed by atoms with Gasteiger partial charge in [-0.2, -0.15) is 5.26 Å². The van der Waals surface area contributed by atoms with E-state index in [9.17, 15) is 4.79 Å². The van der Waals surface area contributed by atoms with Gasteiger partial charge in [-0.3, -0.25) is 4.79 Å². The number of nitrogens with one attached hydrogen (secondary N) is 1. The van der Waals surface area contributed by atoms with E-state index in [1.54, 1.807) is 48.5 Å². The molecule has 0 bridgehead atoms. The Morgan fingerprint density at radius 2 is 1.95 bits per heavy atom. The van der Waals surface area contributed by atoms with Gasteiger partial charge in [-0.15, -0.1) is 0 Å². The Kier molecular flexibility index (Phi) is 4.99. The molecular formula is C16H10Cl2N2O. The maximum Gasteiger partial charge on any atom is 0.248 e. The lowest BCUT2D eigenvalue weighted by molar-refractivity contribution is -0.111. The van der Waals surface area contributed by atoms with Gasteiger partial charge in [0.1, 0.15) is 6.07 Å². The van der Waals surface area contributed by atoms with Crippen LogP contribution < -0.4 is 5.32 Å². The minimum absolute atomic E-state index is 0.344. The summed E-state index contributed by atoms with van der Waals surface area (Å²) >= 11 is 11.8. The van der Waals surface area contributed by atoms with Crippen LogP contribution in [0.5, 0.6) is 0 Å². The van der Waals surface area contributed by atoms with Gasteiger partial charge in [-0.05, 0) is 35.9 Å². The molecule has 0 heterocycles. The minimum Gasteiger partial charge on any atom is -0.321 e. The van der Waals surface area contributed by atoms with Crippen LogP contribution in [0.15, 0.2) is 48.5 Å². The second kappa shape index (κ2) is 6.94. The number of halogens is 2. The van der Waals surface area contributed by atoms with Crippen molar-refractivity contribution in [1.29, 1.82) is 5.26 Å². The van der Waals surface area contributed by atoms with Crippen molar-refractivity contribution < 1.29 is 4.79 Å². The number of carbonyl (C=O) groups is 1. The smallest absolute Gasteiger partial charge is 0.248 e. The van der Waals surface area contributed by atoms with Gasteiger partial charge in [0, 0.05) is 16.1 Å². The predicted octanol–water partition coefficient (Wildman–Crippen LogP) is 4.52. The van der Waals surface area contributed by atoms with E-state index in [1.807, 2.05) is 6.07 Å². The molecule has 0 saturated heterocycles. The third-order valence-corrected chi connectivity index (χ3v) is 3.24. The van der Waals surface area contributed by atoms with Crippen molar-refractivity contribution in [3.63, 3.8) is 0 Å². The average molecular weight is 317 g/mol. The molecule has 0 aliphatic heterocycles. The minimum atomic E-state index is -0.344. The number of nitrogens with zero attached hydrogens (tertiary/aromatic N) is 1. The Hall–Kier alpha value is -2.28. The van der Waals surface area contributed by atoms with E-state index in [0.717, 1.165) is 0 Å². The number of carbonyl (C=O) groups excluding carboxylic acids is 1. The summed E-state index contributed by atoms with van der Waals surface area (Å²) in [5.41, 5.74) is 1.56. The zero-order chi connectivity index (χ0) is 15.2. The number of para-hydroxylation sites is 1. The third-order valence-electron chi connectivity index (χ3n) is 2.68. The molecular weight excluding hydrogens is 307 g/mol. The van der Waals surface area contributed by atoms with Gasteiger partial charge in [0.05, 0.1) is 11.3 Å². The highest BCUT2D eigenvalue weighted by molar-refractivity contribution is 6.35. The third kappa shape index (κ3) is 4.09. The zero-order valence-corrected chi connectivity index (χ0v) is 12.3. The van der Waals surface area contributed by atoms with Gasteiger partial charge in [0.15, 0.2) is 0 Å². The molecule has 1 N–H and O–H groups in total. The lowest BCUT2D eigenvalue weighted by Gasteiger charge is -2.04. The van der Waals surface area contributed by atoms with Crippen LogP contribution in [0.3, 0.4) is 0 Å². The second-order valence-corrected chi connectivity index (χ2v) is 4.99. The first-order valence-corrected chi connectivity index (χ1v) is 6.79. The van der Waals surface area contributed by atoms with E-state index < -0.39 is 0 Å². The molecule has 0 aromatic heterocycles. The maximum atomic E-state index is 11.9. The molecule has 0 atom stereocenters. The molecule has 0 aliphatic rings. The molecule has 0 spiro atoms. The molecule has 2 aromatic rings. The highest BCUT2D eigenvalue weighted by atomic mass is 35.5. The number of hydrogen-bond acceptors (Lipinski definition) is 2. The van der Waals surface area contributed by atoms with E-state index >= 15 is 0 Å². The molecule has 104 valence electrons. The summed E-state index contributed by atoms with van der Waals surface area (Å²) in [7, 11) is 0. The van der Waals surface area contributed by atoms with Crippen LogP contribution in [0, 0.1) is 11.3 Å². The lowest BCUT2D eigenvalue weighted by Crippen LogP contribution is -2.08. The quantitative estimate of drug-likeness (QED) is 0.846. The molecule has 21 heavy (non-hydrogen) atoms. The summed E-state index contributed by atoms with van der Waals surface area (Å²) in [5.74, 6) is -0.344. The molecule has 1 amide bonds. The predicted molar refractivity (Wildman–Crippen MR) is 85.3 cm³/mol. The highest BCUT2D eigenvalue weighted by Crippen LogP contribution is 2.22. The van der Waals surface area contributed by atoms with E-state index in [2.05, 4.69) is 5.32 Å². The van der Waals surface area contributed by atoms with Crippen LogP contribution in [0.4, 0.5) is 5.69 Å². The number of hydrogen-bond donors (Lipinski definition) is 1. The van der Waals surface area contributed by atoms with Crippen molar-refractivity contribution in [2.45, 2.75) is 0 Å². The van der Waals surface area contributed by atoms with Crippen molar-refractivity contribution in [3.8, 4) is 6.07 Å². The largest absolute Gasteiger partial charge is 0.321 e. The fourth-order valence-corrected chi connectivity index (χ4v) is 2.14. The summed E-state index contributed by atoms with van der Waals surface area (Å²) in [6.07, 6.45) is 2.94. The molecule has 0 radical (unpaired) electrons. The van der Waals surface area contributed by atoms with E-state index in [1.165, 1.54) is 6.08 Å². The van der Waals surface area contributed by atoms with Crippen LogP contribution in [-0.2, 0) is 4.79 Å². The average Bonchev–Trinajstić information content (AvgIpc) is 2.47. The zero-order valence-electron chi connectivity index (χ0n) is 10.8. The van der Waals surface area contributed by atoms with E-state index in [-0.39, 0.29) is 5.91 Å². The summed E-state index contributed by atoms with van der Waals surface area (Å²) in [6, 6.07) is 13.8. The van der Waals surface area contributed by atoms with Gasteiger partial charge in [-0.25, -0.2) is 0 Å². The lowest BCUT2D eigenvalue weighted by atomic mass is 10.2. The van der Waals surface area contributed by atoms with Crippen LogP contribution in [-0.4, -0.2) is 5.91 Å². The molecule has 2 aromatic carbocycles. The standard InChI is InChI=1S/C16H10Cl2N2O/c17-13-7-5-11(14(18)9-13)6-8-16(21)20-15-4-2-1-3-12(15)10-19/h1-9H,(H,20,21). The van der Waals surface area contributed by atoms with Crippen molar-refractivity contribution in [3.05, 3.63) is 69.7 Å². The fraction of sp³-hybridized carbons (Fsp3) is 0. The summed E-state index contributed by atoms with van der Waals surface area (Å²) in [6.45, 7) is 0. The monoisotopic (exact) mass is 316 g/mol. The van der Waals surface area contributed by atoms with Gasteiger partial charge in [0.25, 0.3) is 0 Å². The van der Waals surface area contributed by atoms with Crippen molar-refractivity contribution in [2.24, 2.45) is 0 Å². The first-order chi connectivity index (χ1) is 10.1. The Balaban J connectivity index is 2.11. The van der Waals surface area contributed by atoms with E-state index in [0.29, 0.717) is 26.9 Å². The molecule has 2 rings (SSSR count). The summed E-state index contributed by atoms with van der Waals surface area (Å²) in [5, 5.41) is 12.6. The molecule has 0 unspecified atom stereocenters. The van der Waals surface area contributed by atoms with Gasteiger partial charge in [0.2, 0.25) is 5.91 Å². The van der Waals surface area contributed by atoms with Crippen molar-refractivity contribution in [2.75, 3.05) is 5.32 Å². The number of rotatable bonds is 3. The van der Waals surface area contributed by atoms with E-state index in [4.69, 9.17) is 28.5 Å². The normalized spacial score (nSPS) is 10.3. The first-order valence-electron chi connectivity index (χ1n) is 6.03. The molecule has 0 saturated carbocycles. The van der Waals surface area contributed by atoms with Crippen LogP contribution in [0.25, 0.3) is 6.08 Å². The second-order valence-electron chi connectivity index (χ2n) is 4.15. The summed E-state index contributed by atoms with van der Waals surface area (Å²) in [4.78, 5) is 11.9. The van der Waals surface area contributed by atoms with Crippen molar-refractivity contribution >= 4 is 40.9 Å². The Morgan fingerprint density at radius 3 is 2.67 bits per heavy atom. The Labute approximate surface area is 132 Å². The van der Waals surface area contributed by atoms with Gasteiger partial charge in [-0.1, -0.05) is 41.4 Å². The fourth-order valence-electron chi connectivity index (χ4n) is 1.67. The highest BCUT2D eigenvalue weighted by Gasteiger charge is 2.04. The first kappa shape index (κ1) is 15.1. The van der Waals surface area contributed by atoms with Crippen LogP contribution in [0.2, 0.25) is 10.0 Å². The molecule has 5 heteroatoms. The number of benzene rings is 2. The van der Waals surface area contributed by atoms with Crippen molar-refractivity contribution in [1.82, 2.24) is 0 Å². The van der Waals surface area contributed by atoms with Gasteiger partial charge < -0.3 is 5.32 Å². The molecule has 3 nitrogen and oxygen atoms in total. The Bertz CT molecular complexity index is 748. The number of nitriles is 1.